The Balaban J connectivity index is 2.26. The second-order valence-electron chi connectivity index (χ2n) is 5.35. The molecule has 0 spiro atoms. The molecule has 0 heterocycles. The molecule has 0 saturated heterocycles. The van der Waals surface area contributed by atoms with Gasteiger partial charge < -0.3 is 0 Å². The number of benzene rings is 1. The molecule has 4 nitrogen and oxygen atoms in total. The van der Waals surface area contributed by atoms with Gasteiger partial charge in [0.2, 0.25) is 10.0 Å². The molecular formula is C14H18N2O2S. The summed E-state index contributed by atoms with van der Waals surface area (Å²) in [6.45, 7) is 4.43. The van der Waals surface area contributed by atoms with E-state index in [1.165, 1.54) is 10.4 Å². The first-order valence-electron chi connectivity index (χ1n) is 6.33. The molecule has 0 aromatic heterocycles. The average molecular weight is 278 g/mol. The van der Waals surface area contributed by atoms with Crippen LogP contribution >= 0.6 is 0 Å². The fourth-order valence-electron chi connectivity index (χ4n) is 2.26. The number of hydrogen-bond donors (Lipinski definition) is 0. The molecule has 0 bridgehead atoms. The fourth-order valence-corrected chi connectivity index (χ4v) is 3.69. The first-order chi connectivity index (χ1) is 8.86. The molecule has 2 rings (SSSR count). The van der Waals surface area contributed by atoms with Crippen molar-refractivity contribution in [1.29, 1.82) is 5.26 Å². The minimum Gasteiger partial charge on any atom is -0.207 e. The second-order valence-corrected chi connectivity index (χ2v) is 7.36. The first-order valence-corrected chi connectivity index (χ1v) is 7.77. The predicted octanol–water partition coefficient (Wildman–Crippen LogP) is 2.14. The number of rotatable bonds is 4. The Hall–Kier alpha value is -1.38. The molecule has 19 heavy (non-hydrogen) atoms. The monoisotopic (exact) mass is 278 g/mol. The summed E-state index contributed by atoms with van der Waals surface area (Å²) in [4.78, 5) is 0.294. The van der Waals surface area contributed by atoms with E-state index in [1.807, 2.05) is 6.07 Å². The van der Waals surface area contributed by atoms with E-state index >= 15 is 0 Å². The van der Waals surface area contributed by atoms with Gasteiger partial charge in [0, 0.05) is 13.6 Å². The highest BCUT2D eigenvalue weighted by molar-refractivity contribution is 7.89. The SMILES string of the molecule is Cc1cc(C#N)ccc1S(=O)(=O)N(C)CC1CC1C. The van der Waals surface area contributed by atoms with Gasteiger partial charge in [-0.2, -0.15) is 5.26 Å². The van der Waals surface area contributed by atoms with Gasteiger partial charge in [-0.05, 0) is 48.9 Å². The van der Waals surface area contributed by atoms with Crippen molar-refractivity contribution in [2.45, 2.75) is 25.2 Å². The lowest BCUT2D eigenvalue weighted by molar-refractivity contribution is 0.444. The van der Waals surface area contributed by atoms with Crippen molar-refractivity contribution in [3.8, 4) is 6.07 Å². The molecule has 0 radical (unpaired) electrons. The lowest BCUT2D eigenvalue weighted by Gasteiger charge is -2.18. The number of nitriles is 1. The van der Waals surface area contributed by atoms with Crippen molar-refractivity contribution >= 4 is 10.0 Å². The quantitative estimate of drug-likeness (QED) is 0.847. The second kappa shape index (κ2) is 4.95. The van der Waals surface area contributed by atoms with Crippen LogP contribution in [0, 0.1) is 30.1 Å². The van der Waals surface area contributed by atoms with E-state index in [9.17, 15) is 8.42 Å². The molecule has 1 aliphatic carbocycles. The highest BCUT2D eigenvalue weighted by atomic mass is 32.2. The maximum atomic E-state index is 12.5. The highest BCUT2D eigenvalue weighted by Gasteiger charge is 2.36. The van der Waals surface area contributed by atoms with E-state index in [-0.39, 0.29) is 0 Å². The summed E-state index contributed by atoms with van der Waals surface area (Å²) in [5, 5.41) is 8.81. The number of hydrogen-bond acceptors (Lipinski definition) is 3. The van der Waals surface area contributed by atoms with Crippen molar-refractivity contribution in [1.82, 2.24) is 4.31 Å². The summed E-state index contributed by atoms with van der Waals surface area (Å²) in [7, 11) is -1.83. The third-order valence-corrected chi connectivity index (χ3v) is 5.74. The Morgan fingerprint density at radius 2 is 2.11 bits per heavy atom. The summed E-state index contributed by atoms with van der Waals surface area (Å²) in [5.74, 6) is 1.11. The molecule has 0 N–H and O–H groups in total. The van der Waals surface area contributed by atoms with Crippen LogP contribution in [-0.4, -0.2) is 26.3 Å². The minimum absolute atomic E-state index is 0.294. The van der Waals surface area contributed by atoms with Crippen molar-refractivity contribution in [3.63, 3.8) is 0 Å². The van der Waals surface area contributed by atoms with E-state index in [0.29, 0.717) is 34.4 Å². The van der Waals surface area contributed by atoms with Gasteiger partial charge >= 0.3 is 0 Å². The van der Waals surface area contributed by atoms with Crippen molar-refractivity contribution in [2.75, 3.05) is 13.6 Å². The molecule has 0 aliphatic heterocycles. The molecular weight excluding hydrogens is 260 g/mol. The Labute approximate surface area is 114 Å². The van der Waals surface area contributed by atoms with Crippen molar-refractivity contribution in [3.05, 3.63) is 29.3 Å². The maximum Gasteiger partial charge on any atom is 0.243 e. The summed E-state index contributed by atoms with van der Waals surface area (Å²) < 4.78 is 26.4. The Kier molecular flexibility index (Phi) is 3.66. The molecule has 5 heteroatoms. The fraction of sp³-hybridized carbons (Fsp3) is 0.500. The molecule has 1 saturated carbocycles. The Morgan fingerprint density at radius 1 is 1.47 bits per heavy atom. The molecule has 102 valence electrons. The zero-order chi connectivity index (χ0) is 14.2. The number of nitrogens with zero attached hydrogens (tertiary/aromatic N) is 2. The summed E-state index contributed by atoms with van der Waals surface area (Å²) in [6.07, 6.45) is 1.10. The van der Waals surface area contributed by atoms with Crippen LogP contribution in [0.4, 0.5) is 0 Å². The average Bonchev–Trinajstić information content (AvgIpc) is 3.04. The zero-order valence-electron chi connectivity index (χ0n) is 11.4. The van der Waals surface area contributed by atoms with E-state index in [2.05, 4.69) is 6.92 Å². The van der Waals surface area contributed by atoms with Crippen LogP contribution in [0.2, 0.25) is 0 Å². The molecule has 1 aromatic rings. The van der Waals surface area contributed by atoms with E-state index in [0.717, 1.165) is 6.42 Å². The van der Waals surface area contributed by atoms with E-state index in [4.69, 9.17) is 5.26 Å². The first kappa shape index (κ1) is 14.0. The van der Waals surface area contributed by atoms with Gasteiger partial charge in [0.15, 0.2) is 0 Å². The van der Waals surface area contributed by atoms with E-state index in [1.54, 1.807) is 26.1 Å². The van der Waals surface area contributed by atoms with Crippen LogP contribution in [0.15, 0.2) is 23.1 Å². The zero-order valence-corrected chi connectivity index (χ0v) is 12.2. The molecule has 0 amide bonds. The van der Waals surface area contributed by atoms with Crippen LogP contribution < -0.4 is 0 Å². The van der Waals surface area contributed by atoms with Crippen LogP contribution in [-0.2, 0) is 10.0 Å². The van der Waals surface area contributed by atoms with Crippen molar-refractivity contribution < 1.29 is 8.42 Å². The number of aryl methyl sites for hydroxylation is 1. The lowest BCUT2D eigenvalue weighted by Crippen LogP contribution is -2.29. The van der Waals surface area contributed by atoms with Gasteiger partial charge in [0.1, 0.15) is 0 Å². The third-order valence-electron chi connectivity index (χ3n) is 3.76. The summed E-state index contributed by atoms with van der Waals surface area (Å²) in [6, 6.07) is 6.70. The van der Waals surface area contributed by atoms with Crippen LogP contribution in [0.3, 0.4) is 0 Å². The van der Waals surface area contributed by atoms with Gasteiger partial charge in [0.25, 0.3) is 0 Å². The Morgan fingerprint density at radius 3 is 2.58 bits per heavy atom. The molecule has 2 atom stereocenters. The van der Waals surface area contributed by atoms with Gasteiger partial charge in [0.05, 0.1) is 16.5 Å². The van der Waals surface area contributed by atoms with Crippen LogP contribution in [0.5, 0.6) is 0 Å². The smallest absolute Gasteiger partial charge is 0.207 e. The Bertz CT molecular complexity index is 631. The summed E-state index contributed by atoms with van der Waals surface area (Å²) >= 11 is 0. The maximum absolute atomic E-state index is 12.5. The third kappa shape index (κ3) is 2.80. The normalized spacial score (nSPS) is 22.3. The predicted molar refractivity (Wildman–Crippen MR) is 73.0 cm³/mol. The van der Waals surface area contributed by atoms with Gasteiger partial charge in [-0.25, -0.2) is 12.7 Å². The van der Waals surface area contributed by atoms with Crippen LogP contribution in [0.25, 0.3) is 0 Å². The minimum atomic E-state index is -3.45. The topological polar surface area (TPSA) is 61.2 Å². The number of sulfonamides is 1. The summed E-state index contributed by atoms with van der Waals surface area (Å²) in [5.41, 5.74) is 1.10. The molecule has 1 fully saturated rings. The standard InChI is InChI=1S/C14H18N2O2S/c1-10-7-13(10)9-16(3)19(17,18)14-5-4-12(8-15)6-11(14)2/h4-6,10,13H,7,9H2,1-3H3. The lowest BCUT2D eigenvalue weighted by atomic mass is 10.2. The van der Waals surface area contributed by atoms with E-state index < -0.39 is 10.0 Å². The molecule has 1 aliphatic rings. The highest BCUT2D eigenvalue weighted by Crippen LogP contribution is 2.38. The molecule has 2 unspecified atom stereocenters. The van der Waals surface area contributed by atoms with Crippen molar-refractivity contribution in [2.24, 2.45) is 11.8 Å². The van der Waals surface area contributed by atoms with Gasteiger partial charge in [-0.1, -0.05) is 6.92 Å². The van der Waals surface area contributed by atoms with Crippen LogP contribution in [0.1, 0.15) is 24.5 Å². The molecule has 1 aromatic carbocycles. The van der Waals surface area contributed by atoms with Gasteiger partial charge in [-0.15, -0.1) is 0 Å². The largest absolute Gasteiger partial charge is 0.243 e. The van der Waals surface area contributed by atoms with Gasteiger partial charge in [-0.3, -0.25) is 0 Å².